The third-order valence-corrected chi connectivity index (χ3v) is 4.51. The van der Waals surface area contributed by atoms with E-state index in [1.54, 1.807) is 0 Å². The van der Waals surface area contributed by atoms with Gasteiger partial charge in [-0.1, -0.05) is 32.6 Å². The minimum atomic E-state index is -0.129. The van der Waals surface area contributed by atoms with Crippen LogP contribution >= 0.6 is 0 Å². The van der Waals surface area contributed by atoms with Crippen LogP contribution in [0.3, 0.4) is 0 Å². The molecule has 16 heavy (non-hydrogen) atoms. The molecule has 1 aliphatic rings. The maximum atomic E-state index is 10.3. The van der Waals surface area contributed by atoms with Gasteiger partial charge in [-0.05, 0) is 40.2 Å². The summed E-state index contributed by atoms with van der Waals surface area (Å²) < 4.78 is 0. The smallest absolute Gasteiger partial charge is 0.0695 e. The molecule has 0 aromatic carbocycles. The molecule has 0 aromatic rings. The van der Waals surface area contributed by atoms with Crippen LogP contribution in [0, 0.1) is 0 Å². The van der Waals surface area contributed by atoms with E-state index in [2.05, 4.69) is 32.7 Å². The number of hydrogen-bond donors (Lipinski definition) is 1. The van der Waals surface area contributed by atoms with E-state index in [9.17, 15) is 5.11 Å². The number of aliphatic hydroxyl groups is 1. The Bertz CT molecular complexity index is 203. The quantitative estimate of drug-likeness (QED) is 0.800. The van der Waals surface area contributed by atoms with E-state index in [4.69, 9.17) is 0 Å². The van der Waals surface area contributed by atoms with Gasteiger partial charge in [0, 0.05) is 11.6 Å². The van der Waals surface area contributed by atoms with Gasteiger partial charge >= 0.3 is 0 Å². The number of likely N-dealkylation sites (N-methyl/N-ethyl adjacent to an activating group) is 1. The van der Waals surface area contributed by atoms with Gasteiger partial charge in [-0.25, -0.2) is 0 Å². The summed E-state index contributed by atoms with van der Waals surface area (Å²) in [5, 5.41) is 10.3. The molecule has 0 aliphatic heterocycles. The molecule has 0 amide bonds. The van der Waals surface area contributed by atoms with Crippen molar-refractivity contribution in [1.29, 1.82) is 0 Å². The standard InChI is InChI=1S/C14H29NO/c1-5-14(2,3)15(4)12-10-8-6-7-9-11-13(12)16/h12-13,16H,5-11H2,1-4H3. The average Bonchev–Trinajstić information content (AvgIpc) is 2.23. The van der Waals surface area contributed by atoms with Crippen molar-refractivity contribution in [3.63, 3.8) is 0 Å². The first kappa shape index (κ1) is 14.0. The Morgan fingerprint density at radius 3 is 2.25 bits per heavy atom. The molecule has 1 rings (SSSR count). The van der Waals surface area contributed by atoms with Gasteiger partial charge in [-0.2, -0.15) is 0 Å². The number of nitrogens with zero attached hydrogens (tertiary/aromatic N) is 1. The highest BCUT2D eigenvalue weighted by Gasteiger charge is 2.32. The van der Waals surface area contributed by atoms with Gasteiger partial charge in [0.15, 0.2) is 0 Å². The van der Waals surface area contributed by atoms with Crippen LogP contribution < -0.4 is 0 Å². The lowest BCUT2D eigenvalue weighted by Gasteiger charge is -2.43. The minimum Gasteiger partial charge on any atom is -0.391 e. The van der Waals surface area contributed by atoms with Gasteiger partial charge < -0.3 is 5.11 Å². The molecule has 0 radical (unpaired) electrons. The van der Waals surface area contributed by atoms with Gasteiger partial charge in [0.25, 0.3) is 0 Å². The van der Waals surface area contributed by atoms with Gasteiger partial charge in [0.2, 0.25) is 0 Å². The summed E-state index contributed by atoms with van der Waals surface area (Å²) >= 11 is 0. The second kappa shape index (κ2) is 6.02. The molecule has 1 N–H and O–H groups in total. The van der Waals surface area contributed by atoms with E-state index in [-0.39, 0.29) is 11.6 Å². The molecule has 0 spiro atoms. The highest BCUT2D eigenvalue weighted by atomic mass is 16.3. The van der Waals surface area contributed by atoms with Crippen molar-refractivity contribution in [2.75, 3.05) is 7.05 Å². The van der Waals surface area contributed by atoms with Crippen LogP contribution in [-0.2, 0) is 0 Å². The Hall–Kier alpha value is -0.0800. The van der Waals surface area contributed by atoms with Crippen LogP contribution in [0.1, 0.15) is 65.7 Å². The van der Waals surface area contributed by atoms with Crippen LogP contribution in [0.15, 0.2) is 0 Å². The van der Waals surface area contributed by atoms with Gasteiger partial charge in [-0.3, -0.25) is 4.90 Å². The molecule has 0 aromatic heterocycles. The van der Waals surface area contributed by atoms with Crippen LogP contribution in [0.2, 0.25) is 0 Å². The van der Waals surface area contributed by atoms with Crippen LogP contribution in [0.5, 0.6) is 0 Å². The van der Waals surface area contributed by atoms with Crippen LogP contribution in [0.25, 0.3) is 0 Å². The number of rotatable bonds is 3. The summed E-state index contributed by atoms with van der Waals surface area (Å²) in [6, 6.07) is 0.357. The van der Waals surface area contributed by atoms with Crippen LogP contribution in [0.4, 0.5) is 0 Å². The molecular formula is C14H29NO. The predicted octanol–water partition coefficient (Wildman–Crippen LogP) is 3.19. The lowest BCUT2D eigenvalue weighted by molar-refractivity contribution is -0.00451. The topological polar surface area (TPSA) is 23.5 Å². The molecule has 2 nitrogen and oxygen atoms in total. The Kier molecular flexibility index (Phi) is 5.26. The van der Waals surface area contributed by atoms with E-state index >= 15 is 0 Å². The molecule has 1 saturated carbocycles. The fourth-order valence-corrected chi connectivity index (χ4v) is 2.60. The summed E-state index contributed by atoms with van der Waals surface area (Å²) in [6.07, 6.45) is 8.23. The molecule has 2 unspecified atom stereocenters. The van der Waals surface area contributed by atoms with Crippen molar-refractivity contribution < 1.29 is 5.11 Å². The van der Waals surface area contributed by atoms with Crippen molar-refractivity contribution in [3.8, 4) is 0 Å². The highest BCUT2D eigenvalue weighted by Crippen LogP contribution is 2.27. The molecule has 96 valence electrons. The zero-order valence-corrected chi connectivity index (χ0v) is 11.5. The van der Waals surface area contributed by atoms with Gasteiger partial charge in [0.05, 0.1) is 6.10 Å². The molecule has 1 fully saturated rings. The van der Waals surface area contributed by atoms with E-state index in [1.807, 2.05) is 0 Å². The maximum absolute atomic E-state index is 10.3. The molecule has 1 aliphatic carbocycles. The maximum Gasteiger partial charge on any atom is 0.0695 e. The zero-order chi connectivity index (χ0) is 12.2. The van der Waals surface area contributed by atoms with Gasteiger partial charge in [0.1, 0.15) is 0 Å². The lowest BCUT2D eigenvalue weighted by atomic mass is 9.89. The highest BCUT2D eigenvalue weighted by molar-refractivity contribution is 4.87. The fraction of sp³-hybridized carbons (Fsp3) is 1.00. The van der Waals surface area contributed by atoms with E-state index in [0.717, 1.165) is 19.3 Å². The van der Waals surface area contributed by atoms with Crippen molar-refractivity contribution in [2.24, 2.45) is 0 Å². The van der Waals surface area contributed by atoms with E-state index in [1.165, 1.54) is 25.7 Å². The van der Waals surface area contributed by atoms with E-state index in [0.29, 0.717) is 6.04 Å². The third kappa shape index (κ3) is 3.46. The van der Waals surface area contributed by atoms with Crippen molar-refractivity contribution in [3.05, 3.63) is 0 Å². The minimum absolute atomic E-state index is 0.129. The largest absolute Gasteiger partial charge is 0.391 e. The summed E-state index contributed by atoms with van der Waals surface area (Å²) in [5.74, 6) is 0. The van der Waals surface area contributed by atoms with Crippen LogP contribution in [-0.4, -0.2) is 34.7 Å². The van der Waals surface area contributed by atoms with Crippen molar-refractivity contribution >= 4 is 0 Å². The monoisotopic (exact) mass is 227 g/mol. The summed E-state index contributed by atoms with van der Waals surface area (Å²) in [7, 11) is 2.18. The summed E-state index contributed by atoms with van der Waals surface area (Å²) in [4.78, 5) is 2.41. The Morgan fingerprint density at radius 2 is 1.69 bits per heavy atom. The Morgan fingerprint density at radius 1 is 1.12 bits per heavy atom. The Labute approximate surface area is 101 Å². The average molecular weight is 227 g/mol. The number of hydrogen-bond acceptors (Lipinski definition) is 2. The second-order valence-electron chi connectivity index (χ2n) is 5.90. The van der Waals surface area contributed by atoms with Crippen molar-refractivity contribution in [2.45, 2.75) is 83.4 Å². The molecule has 2 atom stereocenters. The first-order valence-corrected chi connectivity index (χ1v) is 6.90. The molecule has 0 saturated heterocycles. The normalized spacial score (nSPS) is 28.9. The first-order valence-electron chi connectivity index (χ1n) is 6.90. The van der Waals surface area contributed by atoms with Crippen molar-refractivity contribution in [1.82, 2.24) is 4.90 Å². The molecule has 0 heterocycles. The molecular weight excluding hydrogens is 198 g/mol. The molecule has 2 heteroatoms. The lowest BCUT2D eigenvalue weighted by Crippen LogP contribution is -2.52. The third-order valence-electron chi connectivity index (χ3n) is 4.51. The first-order chi connectivity index (χ1) is 7.49. The zero-order valence-electron chi connectivity index (χ0n) is 11.5. The summed E-state index contributed by atoms with van der Waals surface area (Å²) in [5.41, 5.74) is 0.199. The molecule has 0 bridgehead atoms. The SMILES string of the molecule is CCC(C)(C)N(C)C1CCCCCCC1O. The predicted molar refractivity (Wildman–Crippen MR) is 69.6 cm³/mol. The number of aliphatic hydroxyl groups excluding tert-OH is 1. The van der Waals surface area contributed by atoms with Gasteiger partial charge in [-0.15, -0.1) is 0 Å². The van der Waals surface area contributed by atoms with E-state index < -0.39 is 0 Å². The Balaban J connectivity index is 2.66. The fourth-order valence-electron chi connectivity index (χ4n) is 2.60. The summed E-state index contributed by atoms with van der Waals surface area (Å²) in [6.45, 7) is 6.78. The second-order valence-corrected chi connectivity index (χ2v) is 5.90.